The molecule has 0 radical (unpaired) electrons. The maximum atomic E-state index is 13.0. The summed E-state index contributed by atoms with van der Waals surface area (Å²) in [6.45, 7) is 0. The van der Waals surface area contributed by atoms with E-state index < -0.39 is 0 Å². The number of aromatic amines is 1. The minimum Gasteiger partial charge on any atom is -0.359 e. The SMILES string of the molecule is O=C(Nc1ccc(F)cc1)c1n[nH]c2ccc3nc(NC4CC4)sc3c12. The predicted molar refractivity (Wildman–Crippen MR) is 100 cm³/mol. The number of nitrogens with zero attached hydrogens (tertiary/aromatic N) is 2. The highest BCUT2D eigenvalue weighted by atomic mass is 32.1. The molecule has 8 heteroatoms. The number of fused-ring (bicyclic) bond motifs is 3. The first-order valence-electron chi connectivity index (χ1n) is 8.28. The Morgan fingerprint density at radius 2 is 2.00 bits per heavy atom. The largest absolute Gasteiger partial charge is 0.359 e. The van der Waals surface area contributed by atoms with Crippen molar-refractivity contribution < 1.29 is 9.18 Å². The Bertz CT molecular complexity index is 1130. The van der Waals surface area contributed by atoms with Gasteiger partial charge in [-0.1, -0.05) is 11.3 Å². The second kappa shape index (κ2) is 5.77. The quantitative estimate of drug-likeness (QED) is 0.506. The van der Waals surface area contributed by atoms with E-state index in [4.69, 9.17) is 0 Å². The molecule has 0 bridgehead atoms. The van der Waals surface area contributed by atoms with E-state index in [0.29, 0.717) is 17.4 Å². The number of amides is 1. The molecule has 0 unspecified atom stereocenters. The van der Waals surface area contributed by atoms with Gasteiger partial charge in [-0.05, 0) is 49.2 Å². The van der Waals surface area contributed by atoms with Gasteiger partial charge in [0.25, 0.3) is 5.91 Å². The zero-order chi connectivity index (χ0) is 17.7. The molecule has 3 N–H and O–H groups in total. The highest BCUT2D eigenvalue weighted by molar-refractivity contribution is 7.23. The third-order valence-electron chi connectivity index (χ3n) is 4.30. The van der Waals surface area contributed by atoms with Crippen molar-refractivity contribution >= 4 is 49.2 Å². The van der Waals surface area contributed by atoms with Crippen LogP contribution in [0.3, 0.4) is 0 Å². The van der Waals surface area contributed by atoms with Gasteiger partial charge >= 0.3 is 0 Å². The summed E-state index contributed by atoms with van der Waals surface area (Å²) in [5, 5.41) is 14.9. The first kappa shape index (κ1) is 15.3. The number of halogens is 1. The standard InChI is InChI=1S/C18H14FN5OS/c19-9-1-3-10(4-2-9)20-17(25)15-14-12(23-24-15)7-8-13-16(14)26-18(22-13)21-11-5-6-11/h1-4,7-8,11H,5-6H2,(H,20,25)(H,21,22)(H,23,24). The average molecular weight is 367 g/mol. The monoisotopic (exact) mass is 367 g/mol. The fourth-order valence-corrected chi connectivity index (χ4v) is 3.93. The number of carbonyl (C=O) groups is 1. The van der Waals surface area contributed by atoms with E-state index in [2.05, 4.69) is 25.8 Å². The Morgan fingerprint density at radius 3 is 2.77 bits per heavy atom. The minimum absolute atomic E-state index is 0.302. The van der Waals surface area contributed by atoms with Crippen LogP contribution < -0.4 is 10.6 Å². The second-order valence-corrected chi connectivity index (χ2v) is 7.31. The summed E-state index contributed by atoms with van der Waals surface area (Å²) >= 11 is 1.53. The van der Waals surface area contributed by atoms with Crippen molar-refractivity contribution in [1.82, 2.24) is 15.2 Å². The van der Waals surface area contributed by atoms with Crippen LogP contribution >= 0.6 is 11.3 Å². The van der Waals surface area contributed by atoms with Crippen LogP contribution in [-0.4, -0.2) is 27.1 Å². The minimum atomic E-state index is -0.352. The summed E-state index contributed by atoms with van der Waals surface area (Å²) in [4.78, 5) is 17.3. The number of hydrogen-bond acceptors (Lipinski definition) is 5. The normalized spacial score (nSPS) is 14.0. The number of aromatic nitrogens is 3. The van der Waals surface area contributed by atoms with E-state index in [1.165, 1.54) is 48.4 Å². The van der Waals surface area contributed by atoms with Crippen molar-refractivity contribution in [2.45, 2.75) is 18.9 Å². The number of benzene rings is 2. The first-order chi connectivity index (χ1) is 12.7. The molecule has 2 heterocycles. The number of H-pyrrole nitrogens is 1. The number of nitrogens with one attached hydrogen (secondary N) is 3. The van der Waals surface area contributed by atoms with Crippen molar-refractivity contribution in [1.29, 1.82) is 0 Å². The van der Waals surface area contributed by atoms with Crippen molar-refractivity contribution in [3.8, 4) is 0 Å². The molecule has 0 aliphatic heterocycles. The van der Waals surface area contributed by atoms with E-state index in [-0.39, 0.29) is 11.7 Å². The van der Waals surface area contributed by atoms with Crippen molar-refractivity contribution in [2.75, 3.05) is 10.6 Å². The fraction of sp³-hybridized carbons (Fsp3) is 0.167. The molecule has 0 saturated heterocycles. The lowest BCUT2D eigenvalue weighted by atomic mass is 10.2. The van der Waals surface area contributed by atoms with E-state index in [1.54, 1.807) is 0 Å². The smallest absolute Gasteiger partial charge is 0.276 e. The summed E-state index contributed by atoms with van der Waals surface area (Å²) in [6, 6.07) is 9.94. The Kier molecular flexibility index (Phi) is 3.39. The number of anilines is 2. The third-order valence-corrected chi connectivity index (χ3v) is 5.32. The average Bonchev–Trinajstić information content (AvgIpc) is 3.18. The van der Waals surface area contributed by atoms with Gasteiger partial charge in [-0.25, -0.2) is 9.37 Å². The molecule has 1 fully saturated rings. The van der Waals surface area contributed by atoms with Gasteiger partial charge < -0.3 is 10.6 Å². The van der Waals surface area contributed by atoms with Crippen LogP contribution in [0.15, 0.2) is 36.4 Å². The van der Waals surface area contributed by atoms with Gasteiger partial charge in [0.05, 0.1) is 21.1 Å². The molecule has 0 spiro atoms. The Hall–Kier alpha value is -3.00. The van der Waals surface area contributed by atoms with Gasteiger partial charge in [0.2, 0.25) is 0 Å². The third kappa shape index (κ3) is 2.68. The Labute approximate surface area is 151 Å². The first-order valence-corrected chi connectivity index (χ1v) is 9.10. The summed E-state index contributed by atoms with van der Waals surface area (Å²) in [7, 11) is 0. The second-order valence-electron chi connectivity index (χ2n) is 6.31. The van der Waals surface area contributed by atoms with E-state index in [0.717, 1.165) is 26.3 Å². The lowest BCUT2D eigenvalue weighted by Gasteiger charge is -2.03. The van der Waals surface area contributed by atoms with Crippen LogP contribution in [0.4, 0.5) is 15.2 Å². The molecule has 1 aliphatic rings. The topological polar surface area (TPSA) is 82.7 Å². The summed E-state index contributed by atoms with van der Waals surface area (Å²) in [6.07, 6.45) is 2.34. The van der Waals surface area contributed by atoms with Crippen LogP contribution in [0, 0.1) is 5.82 Å². The highest BCUT2D eigenvalue weighted by Crippen LogP contribution is 2.36. The summed E-state index contributed by atoms with van der Waals surface area (Å²) in [5.74, 6) is -0.698. The van der Waals surface area contributed by atoms with Crippen LogP contribution in [0.5, 0.6) is 0 Å². The predicted octanol–water partition coefficient (Wildman–Crippen LogP) is 4.14. The molecule has 130 valence electrons. The van der Waals surface area contributed by atoms with Gasteiger partial charge in [-0.3, -0.25) is 9.89 Å². The molecule has 1 saturated carbocycles. The number of carbonyl (C=O) groups excluding carboxylic acids is 1. The van der Waals surface area contributed by atoms with Crippen LogP contribution in [-0.2, 0) is 0 Å². The molecular weight excluding hydrogens is 353 g/mol. The molecule has 0 atom stereocenters. The fourth-order valence-electron chi connectivity index (χ4n) is 2.84. The molecule has 2 aromatic heterocycles. The van der Waals surface area contributed by atoms with Crippen LogP contribution in [0.1, 0.15) is 23.3 Å². The van der Waals surface area contributed by atoms with Crippen LogP contribution in [0.25, 0.3) is 21.1 Å². The Balaban J connectivity index is 1.54. The molecule has 1 aliphatic carbocycles. The van der Waals surface area contributed by atoms with Crippen molar-refractivity contribution in [2.24, 2.45) is 0 Å². The van der Waals surface area contributed by atoms with Gasteiger partial charge in [-0.2, -0.15) is 5.10 Å². The van der Waals surface area contributed by atoms with Gasteiger partial charge in [0, 0.05) is 11.7 Å². The number of hydrogen-bond donors (Lipinski definition) is 3. The van der Waals surface area contributed by atoms with Crippen molar-refractivity contribution in [3.63, 3.8) is 0 Å². The summed E-state index contributed by atoms with van der Waals surface area (Å²) < 4.78 is 14.0. The lowest BCUT2D eigenvalue weighted by Crippen LogP contribution is -2.12. The zero-order valence-electron chi connectivity index (χ0n) is 13.5. The summed E-state index contributed by atoms with van der Waals surface area (Å²) in [5.41, 5.74) is 2.43. The van der Waals surface area contributed by atoms with Crippen LogP contribution in [0.2, 0.25) is 0 Å². The number of thiazole rings is 1. The maximum Gasteiger partial charge on any atom is 0.276 e. The van der Waals surface area contributed by atoms with E-state index >= 15 is 0 Å². The maximum absolute atomic E-state index is 13.0. The molecule has 1 amide bonds. The van der Waals surface area contributed by atoms with E-state index in [9.17, 15) is 9.18 Å². The highest BCUT2D eigenvalue weighted by Gasteiger charge is 2.23. The van der Waals surface area contributed by atoms with Crippen molar-refractivity contribution in [3.05, 3.63) is 47.9 Å². The molecule has 26 heavy (non-hydrogen) atoms. The molecule has 2 aromatic carbocycles. The van der Waals surface area contributed by atoms with Gasteiger partial charge in [0.1, 0.15) is 5.82 Å². The lowest BCUT2D eigenvalue weighted by molar-refractivity contribution is 0.102. The molecule has 4 aromatic rings. The molecule has 6 nitrogen and oxygen atoms in total. The molecular formula is C18H14FN5OS. The Morgan fingerprint density at radius 1 is 1.19 bits per heavy atom. The van der Waals surface area contributed by atoms with E-state index in [1.807, 2.05) is 12.1 Å². The molecule has 5 rings (SSSR count). The van der Waals surface area contributed by atoms with Gasteiger partial charge in [0.15, 0.2) is 10.8 Å². The number of rotatable bonds is 4. The van der Waals surface area contributed by atoms with Gasteiger partial charge in [-0.15, -0.1) is 0 Å². The zero-order valence-corrected chi connectivity index (χ0v) is 14.4.